The van der Waals surface area contributed by atoms with Gasteiger partial charge in [0, 0.05) is 24.7 Å². The third-order valence-electron chi connectivity index (χ3n) is 8.85. The van der Waals surface area contributed by atoms with Crippen LogP contribution in [-0.4, -0.2) is 69.3 Å². The largest absolute Gasteiger partial charge is 0.444 e. The molecule has 5 rings (SSSR count). The van der Waals surface area contributed by atoms with Crippen LogP contribution in [0.25, 0.3) is 12.2 Å². The zero-order chi connectivity index (χ0) is 39.0. The maximum absolute atomic E-state index is 14.0. The SMILES string of the molecule is CC(C)[C@H](NC(=O)N(C)Cc1csc(C=Cc2ccccc2)n1)C(=O)N[C@@H](Cc1ccccc1)C[C@H](O)[C@H](Cc1ccccc1)NC(=O)OCc1cncs1. The van der Waals surface area contributed by atoms with Gasteiger partial charge in [0.1, 0.15) is 17.7 Å². The summed E-state index contributed by atoms with van der Waals surface area (Å²) in [6, 6.07) is 26.7. The zero-order valence-electron chi connectivity index (χ0n) is 31.2. The van der Waals surface area contributed by atoms with E-state index in [1.165, 1.54) is 27.6 Å². The number of urea groups is 1. The Balaban J connectivity index is 1.24. The van der Waals surface area contributed by atoms with Crippen molar-refractivity contribution in [2.75, 3.05) is 7.05 Å². The zero-order valence-corrected chi connectivity index (χ0v) is 32.8. The fourth-order valence-electron chi connectivity index (χ4n) is 5.93. The molecule has 2 aromatic heterocycles. The van der Waals surface area contributed by atoms with Crippen LogP contribution in [0.15, 0.2) is 108 Å². The van der Waals surface area contributed by atoms with E-state index in [0.29, 0.717) is 12.8 Å². The number of aliphatic hydroxyl groups excluding tert-OH is 1. The first-order valence-electron chi connectivity index (χ1n) is 18.2. The smallest absolute Gasteiger partial charge is 0.407 e. The Morgan fingerprint density at radius 2 is 1.51 bits per heavy atom. The molecule has 0 aliphatic heterocycles. The molecule has 11 nitrogen and oxygen atoms in total. The van der Waals surface area contributed by atoms with Crippen molar-refractivity contribution in [1.29, 1.82) is 0 Å². The predicted molar refractivity (Wildman–Crippen MR) is 218 cm³/mol. The number of carbonyl (C=O) groups is 3. The van der Waals surface area contributed by atoms with Crippen LogP contribution in [-0.2, 0) is 35.5 Å². The highest BCUT2D eigenvalue weighted by molar-refractivity contribution is 7.10. The normalized spacial score (nSPS) is 13.5. The predicted octanol–water partition coefficient (Wildman–Crippen LogP) is 6.95. The summed E-state index contributed by atoms with van der Waals surface area (Å²) in [6.45, 7) is 4.06. The first kappa shape index (κ1) is 40.8. The third kappa shape index (κ3) is 13.5. The van der Waals surface area contributed by atoms with Crippen molar-refractivity contribution >= 4 is 52.9 Å². The molecule has 0 bridgehead atoms. The van der Waals surface area contributed by atoms with E-state index in [1.807, 2.05) is 122 Å². The molecule has 0 unspecified atom stereocenters. The monoisotopic (exact) mass is 780 g/mol. The van der Waals surface area contributed by atoms with Crippen molar-refractivity contribution in [3.8, 4) is 0 Å². The number of alkyl carbamates (subject to hydrolysis) is 1. The quantitative estimate of drug-likeness (QED) is 0.0753. The third-order valence-corrected chi connectivity index (χ3v) is 10.5. The molecule has 0 radical (unpaired) electrons. The van der Waals surface area contributed by atoms with E-state index in [-0.39, 0.29) is 31.4 Å². The van der Waals surface area contributed by atoms with Gasteiger partial charge >= 0.3 is 12.1 Å². The van der Waals surface area contributed by atoms with Gasteiger partial charge in [-0.15, -0.1) is 22.7 Å². The van der Waals surface area contributed by atoms with Crippen LogP contribution < -0.4 is 16.0 Å². The van der Waals surface area contributed by atoms with E-state index < -0.39 is 36.4 Å². The van der Waals surface area contributed by atoms with Gasteiger partial charge in [-0.2, -0.15) is 0 Å². The number of nitrogens with one attached hydrogen (secondary N) is 3. The van der Waals surface area contributed by atoms with Crippen molar-refractivity contribution in [2.45, 2.75) is 70.5 Å². The highest BCUT2D eigenvalue weighted by atomic mass is 32.1. The van der Waals surface area contributed by atoms with Gasteiger partial charge in [-0.25, -0.2) is 14.6 Å². The second kappa shape index (κ2) is 20.9. The van der Waals surface area contributed by atoms with Gasteiger partial charge in [0.25, 0.3) is 0 Å². The van der Waals surface area contributed by atoms with Crippen LogP contribution in [0.4, 0.5) is 9.59 Å². The molecule has 13 heteroatoms. The molecule has 0 saturated carbocycles. The molecular weight excluding hydrogens is 733 g/mol. The molecule has 0 aliphatic rings. The van der Waals surface area contributed by atoms with Gasteiger partial charge < -0.3 is 30.7 Å². The first-order chi connectivity index (χ1) is 26.6. The Morgan fingerprint density at radius 3 is 2.15 bits per heavy atom. The number of aliphatic hydroxyl groups is 1. The number of thiazole rings is 2. The molecule has 55 heavy (non-hydrogen) atoms. The van der Waals surface area contributed by atoms with E-state index in [1.54, 1.807) is 18.8 Å². The van der Waals surface area contributed by atoms with Crippen molar-refractivity contribution in [1.82, 2.24) is 30.8 Å². The van der Waals surface area contributed by atoms with Gasteiger partial charge in [-0.05, 0) is 47.9 Å². The van der Waals surface area contributed by atoms with Gasteiger partial charge in [0.2, 0.25) is 5.91 Å². The summed E-state index contributed by atoms with van der Waals surface area (Å²) in [6.07, 6.45) is 4.73. The second-order valence-corrected chi connectivity index (χ2v) is 15.5. The van der Waals surface area contributed by atoms with E-state index >= 15 is 0 Å². The van der Waals surface area contributed by atoms with E-state index in [0.717, 1.165) is 32.3 Å². The number of hydrogen-bond acceptors (Lipinski definition) is 9. The molecule has 0 fully saturated rings. The molecule has 0 spiro atoms. The molecule has 4 amide bonds. The fourth-order valence-corrected chi connectivity index (χ4v) is 7.14. The van der Waals surface area contributed by atoms with E-state index in [9.17, 15) is 19.5 Å². The number of amides is 4. The molecule has 0 aliphatic carbocycles. The summed E-state index contributed by atoms with van der Waals surface area (Å²) in [5.41, 5.74) is 5.35. The summed E-state index contributed by atoms with van der Waals surface area (Å²) in [5.74, 6) is -0.613. The number of rotatable bonds is 18. The minimum absolute atomic E-state index is 0.0613. The summed E-state index contributed by atoms with van der Waals surface area (Å²) < 4.78 is 5.44. The Morgan fingerprint density at radius 1 is 0.855 bits per heavy atom. The van der Waals surface area contributed by atoms with E-state index in [4.69, 9.17) is 4.74 Å². The molecule has 5 aromatic rings. The summed E-state index contributed by atoms with van der Waals surface area (Å²) >= 11 is 2.87. The van der Waals surface area contributed by atoms with Crippen LogP contribution in [0.3, 0.4) is 0 Å². The minimum atomic E-state index is -1.06. The Kier molecular flexibility index (Phi) is 15.5. The minimum Gasteiger partial charge on any atom is -0.444 e. The number of nitrogens with zero attached hydrogens (tertiary/aromatic N) is 3. The Bertz CT molecular complexity index is 1940. The van der Waals surface area contributed by atoms with Crippen molar-refractivity contribution < 1.29 is 24.2 Å². The lowest BCUT2D eigenvalue weighted by Crippen LogP contribution is -2.55. The summed E-state index contributed by atoms with van der Waals surface area (Å²) in [7, 11) is 1.67. The maximum Gasteiger partial charge on any atom is 0.407 e. The summed E-state index contributed by atoms with van der Waals surface area (Å²) in [4.78, 5) is 51.3. The Hall–Kier alpha value is -5.37. The van der Waals surface area contributed by atoms with Crippen LogP contribution in [0.5, 0.6) is 0 Å². The number of hydrogen-bond donors (Lipinski definition) is 4. The van der Waals surface area contributed by atoms with Gasteiger partial charge in [-0.1, -0.05) is 111 Å². The van der Waals surface area contributed by atoms with Gasteiger partial charge in [0.05, 0.1) is 34.8 Å². The summed E-state index contributed by atoms with van der Waals surface area (Å²) in [5, 5.41) is 23.4. The molecule has 4 N–H and O–H groups in total. The van der Waals surface area contributed by atoms with E-state index in [2.05, 4.69) is 25.9 Å². The molecule has 3 aromatic carbocycles. The number of aromatic nitrogens is 2. The number of ether oxygens (including phenoxy) is 1. The van der Waals surface area contributed by atoms with Crippen LogP contribution in [0.1, 0.15) is 52.5 Å². The van der Waals surface area contributed by atoms with Crippen LogP contribution in [0, 0.1) is 5.92 Å². The fraction of sp³-hybridized carbons (Fsp3) is 0.310. The van der Waals surface area contributed by atoms with Crippen LogP contribution in [0.2, 0.25) is 0 Å². The van der Waals surface area contributed by atoms with Crippen LogP contribution >= 0.6 is 22.7 Å². The standard InChI is InChI=1S/C42H48N6O5S2/c1-29(2)39(47-41(51)48(3)25-34-27-54-38(44-34)20-19-30-13-7-4-8-14-30)40(50)45-33(21-31-15-9-5-10-16-31)23-37(49)36(22-32-17-11-6-12-18-32)46-42(52)53-26-35-24-43-28-55-35/h4-20,24,27-29,33,36-37,39,49H,21-23,25-26H2,1-3H3,(H,45,50)(H,46,52)(H,47,51)/t33-,36-,37-,39-/m0/s1. The van der Waals surface area contributed by atoms with Crippen molar-refractivity contribution in [2.24, 2.45) is 5.92 Å². The lowest BCUT2D eigenvalue weighted by Gasteiger charge is -2.30. The molecule has 0 saturated heterocycles. The van der Waals surface area contributed by atoms with Gasteiger partial charge in [-0.3, -0.25) is 9.78 Å². The maximum atomic E-state index is 14.0. The average molecular weight is 781 g/mol. The Labute approximate surface area is 330 Å². The molecule has 2 heterocycles. The molecule has 288 valence electrons. The number of carbonyl (C=O) groups excluding carboxylic acids is 3. The lowest BCUT2D eigenvalue weighted by atomic mass is 9.93. The molecule has 4 atom stereocenters. The highest BCUT2D eigenvalue weighted by Gasteiger charge is 2.31. The number of benzene rings is 3. The first-order valence-corrected chi connectivity index (χ1v) is 19.9. The highest BCUT2D eigenvalue weighted by Crippen LogP contribution is 2.18. The van der Waals surface area contributed by atoms with Crippen molar-refractivity contribution in [3.05, 3.63) is 140 Å². The lowest BCUT2D eigenvalue weighted by molar-refractivity contribution is -0.124. The van der Waals surface area contributed by atoms with Crippen molar-refractivity contribution in [3.63, 3.8) is 0 Å². The topological polar surface area (TPSA) is 146 Å². The second-order valence-electron chi connectivity index (χ2n) is 13.6. The average Bonchev–Trinajstić information content (AvgIpc) is 3.88. The molecular formula is C42H48N6O5S2. The van der Waals surface area contributed by atoms with Gasteiger partial charge in [0.15, 0.2) is 0 Å².